The lowest BCUT2D eigenvalue weighted by Crippen LogP contribution is -2.61. The summed E-state index contributed by atoms with van der Waals surface area (Å²) in [6.45, 7) is 9.50. The molecule has 304 valence electrons. The summed E-state index contributed by atoms with van der Waals surface area (Å²) in [5, 5.41) is 1.12. The van der Waals surface area contributed by atoms with E-state index in [2.05, 4.69) is 237 Å². The number of nitrogens with zero attached hydrogens (tertiary/aromatic N) is 3. The monoisotopic (exact) mass is 813 g/mol. The van der Waals surface area contributed by atoms with Crippen LogP contribution in [0.15, 0.2) is 199 Å². The predicted octanol–water partition coefficient (Wildman–Crippen LogP) is 14.0. The van der Waals surface area contributed by atoms with Gasteiger partial charge < -0.3 is 19.1 Å². The number of hydrogen-bond donors (Lipinski definition) is 0. The van der Waals surface area contributed by atoms with Crippen LogP contribution in [0.3, 0.4) is 0 Å². The van der Waals surface area contributed by atoms with Crippen molar-refractivity contribution in [2.45, 2.75) is 51.4 Å². The number of benzene rings is 8. The summed E-state index contributed by atoms with van der Waals surface area (Å²) >= 11 is 0. The molecule has 0 amide bonds. The molecule has 0 radical (unpaired) electrons. The maximum Gasteiger partial charge on any atom is 0.297 e. The Morgan fingerprint density at radius 2 is 1.10 bits per heavy atom. The molecule has 9 aromatic rings. The van der Waals surface area contributed by atoms with Gasteiger partial charge in [0.15, 0.2) is 0 Å². The minimum atomic E-state index is -0.158. The van der Waals surface area contributed by atoms with E-state index in [0.717, 1.165) is 68.5 Å². The molecule has 8 aromatic carbocycles. The van der Waals surface area contributed by atoms with Crippen LogP contribution in [-0.4, -0.2) is 6.71 Å². The summed E-state index contributed by atoms with van der Waals surface area (Å²) in [6.07, 6.45) is 2.33. The van der Waals surface area contributed by atoms with Crippen molar-refractivity contribution in [1.29, 1.82) is 0 Å². The first-order chi connectivity index (χ1) is 30.8. The van der Waals surface area contributed by atoms with E-state index in [1.165, 1.54) is 45.3 Å². The minimum Gasteiger partial charge on any atom is -0.468 e. The molecule has 3 aliphatic rings. The molecule has 4 nitrogen and oxygen atoms in total. The summed E-state index contributed by atoms with van der Waals surface area (Å²) in [4.78, 5) is 7.40. The maximum atomic E-state index is 7.21. The van der Waals surface area contributed by atoms with Crippen LogP contribution in [0.2, 0.25) is 0 Å². The molecule has 63 heavy (non-hydrogen) atoms. The molecule has 0 saturated heterocycles. The van der Waals surface area contributed by atoms with Crippen molar-refractivity contribution in [3.05, 3.63) is 205 Å². The van der Waals surface area contributed by atoms with Crippen molar-refractivity contribution in [3.8, 4) is 11.1 Å². The summed E-state index contributed by atoms with van der Waals surface area (Å²) in [7, 11) is 0. The number of furan rings is 1. The first kappa shape index (κ1) is 37.5. The zero-order chi connectivity index (χ0) is 42.5. The Kier molecular flexibility index (Phi) is 8.43. The molecule has 0 saturated carbocycles. The molecule has 2 aliphatic heterocycles. The van der Waals surface area contributed by atoms with Gasteiger partial charge in [-0.15, -0.1) is 0 Å². The Bertz CT molecular complexity index is 3170. The normalized spacial score (nSPS) is 15.3. The average molecular weight is 814 g/mol. The molecule has 12 rings (SSSR count). The van der Waals surface area contributed by atoms with Gasteiger partial charge in [0.05, 0.1) is 17.0 Å². The van der Waals surface area contributed by atoms with Crippen LogP contribution in [0.5, 0.6) is 0 Å². The van der Waals surface area contributed by atoms with Gasteiger partial charge in [0, 0.05) is 50.8 Å². The summed E-state index contributed by atoms with van der Waals surface area (Å²) in [5.74, 6) is 0. The van der Waals surface area contributed by atoms with Crippen LogP contribution in [0.4, 0.5) is 51.2 Å². The van der Waals surface area contributed by atoms with Gasteiger partial charge in [0.25, 0.3) is 6.71 Å². The largest absolute Gasteiger partial charge is 0.468 e. The molecular formula is C58H48BN3O. The van der Waals surface area contributed by atoms with Gasteiger partial charge in [0.1, 0.15) is 5.58 Å². The molecule has 0 fully saturated rings. The van der Waals surface area contributed by atoms with Crippen LogP contribution < -0.4 is 31.3 Å². The van der Waals surface area contributed by atoms with Gasteiger partial charge >= 0.3 is 0 Å². The summed E-state index contributed by atoms with van der Waals surface area (Å²) in [5.41, 5.74) is 19.9. The van der Waals surface area contributed by atoms with Crippen molar-refractivity contribution in [3.63, 3.8) is 0 Å². The van der Waals surface area contributed by atoms with E-state index in [9.17, 15) is 0 Å². The van der Waals surface area contributed by atoms with Gasteiger partial charge in [-0.3, -0.25) is 0 Å². The zero-order valence-corrected chi connectivity index (χ0v) is 36.2. The van der Waals surface area contributed by atoms with Crippen molar-refractivity contribution in [2.24, 2.45) is 0 Å². The van der Waals surface area contributed by atoms with Crippen molar-refractivity contribution in [1.82, 2.24) is 0 Å². The molecule has 0 bridgehead atoms. The number of para-hydroxylation sites is 4. The Morgan fingerprint density at radius 1 is 0.492 bits per heavy atom. The van der Waals surface area contributed by atoms with Crippen LogP contribution in [0.1, 0.15) is 51.7 Å². The minimum absolute atomic E-state index is 0.0541. The smallest absolute Gasteiger partial charge is 0.297 e. The maximum absolute atomic E-state index is 7.21. The molecule has 0 spiro atoms. The highest BCUT2D eigenvalue weighted by Gasteiger charge is 2.47. The van der Waals surface area contributed by atoms with Crippen molar-refractivity contribution < 1.29 is 4.42 Å². The molecule has 1 aliphatic carbocycles. The van der Waals surface area contributed by atoms with Gasteiger partial charge in [-0.25, -0.2) is 0 Å². The van der Waals surface area contributed by atoms with Crippen LogP contribution in [0.25, 0.3) is 22.1 Å². The topological polar surface area (TPSA) is 22.9 Å². The van der Waals surface area contributed by atoms with Crippen molar-refractivity contribution in [2.75, 3.05) is 14.7 Å². The van der Waals surface area contributed by atoms with E-state index in [4.69, 9.17) is 4.42 Å². The molecule has 1 aromatic heterocycles. The van der Waals surface area contributed by atoms with Gasteiger partial charge in [-0.1, -0.05) is 143 Å². The first-order valence-corrected chi connectivity index (χ1v) is 22.4. The van der Waals surface area contributed by atoms with E-state index < -0.39 is 0 Å². The Hall–Kier alpha value is -7.24. The molecule has 0 unspecified atom stereocenters. The summed E-state index contributed by atoms with van der Waals surface area (Å²) < 4.78 is 7.21. The lowest BCUT2D eigenvalue weighted by molar-refractivity contribution is 0.332. The second kappa shape index (κ2) is 14.2. The Labute approximate surface area is 370 Å². The molecular weight excluding hydrogens is 765 g/mol. The fraction of sp³-hybridized carbons (Fsp3) is 0.138. The number of fused-ring (bicyclic) bond motifs is 7. The Balaban J connectivity index is 1.15. The van der Waals surface area contributed by atoms with Crippen LogP contribution in [0, 0.1) is 0 Å². The summed E-state index contributed by atoms with van der Waals surface area (Å²) in [6, 6.07) is 70.9. The first-order valence-electron chi connectivity index (χ1n) is 22.4. The third-order valence-electron chi connectivity index (χ3n) is 14.1. The standard InChI is InChI=1S/C58H48BN3O/c1-57(2)35-36-58(3,4)47-37-42(31-33-46(47)57)61-50-28-18-29-51-54(50)59(56-55(61)45-26-15-17-30-53(45)63-56)48-34-32-43(60(40-21-10-6-11-22-40)41-23-12-7-13-24-41)38-52(48)62(51)49-27-16-14-25-44(49)39-19-8-5-9-20-39/h5-34,37-38H,35-36H2,1-4H3. The fourth-order valence-electron chi connectivity index (χ4n) is 10.9. The zero-order valence-electron chi connectivity index (χ0n) is 36.2. The number of hydrogen-bond acceptors (Lipinski definition) is 4. The van der Waals surface area contributed by atoms with E-state index >= 15 is 0 Å². The van der Waals surface area contributed by atoms with Crippen LogP contribution in [-0.2, 0) is 10.8 Å². The molecule has 0 N–H and O–H groups in total. The number of rotatable bonds is 6. The van der Waals surface area contributed by atoms with Gasteiger partial charge in [-0.2, -0.15) is 0 Å². The van der Waals surface area contributed by atoms with Gasteiger partial charge in [0.2, 0.25) is 0 Å². The lowest BCUT2D eigenvalue weighted by atomic mass is 9.35. The van der Waals surface area contributed by atoms with Crippen molar-refractivity contribution >= 4 is 85.5 Å². The Morgan fingerprint density at radius 3 is 1.83 bits per heavy atom. The fourth-order valence-corrected chi connectivity index (χ4v) is 10.9. The van der Waals surface area contributed by atoms with E-state index in [0.29, 0.717) is 0 Å². The van der Waals surface area contributed by atoms with Crippen LogP contribution >= 0.6 is 0 Å². The van der Waals surface area contributed by atoms with E-state index in [1.54, 1.807) is 0 Å². The second-order valence-electron chi connectivity index (χ2n) is 18.8. The highest BCUT2D eigenvalue weighted by Crippen LogP contribution is 2.52. The molecule has 0 atom stereocenters. The third-order valence-corrected chi connectivity index (χ3v) is 14.1. The second-order valence-corrected chi connectivity index (χ2v) is 18.8. The predicted molar refractivity (Wildman–Crippen MR) is 266 cm³/mol. The quantitative estimate of drug-likeness (QED) is 0.156. The highest BCUT2D eigenvalue weighted by molar-refractivity contribution is 7.00. The molecule has 3 heterocycles. The average Bonchev–Trinajstić information content (AvgIpc) is 3.71. The third kappa shape index (κ3) is 5.83. The number of anilines is 9. The van der Waals surface area contributed by atoms with Gasteiger partial charge in [-0.05, 0) is 130 Å². The van der Waals surface area contributed by atoms with E-state index in [-0.39, 0.29) is 17.5 Å². The highest BCUT2D eigenvalue weighted by atomic mass is 16.3. The van der Waals surface area contributed by atoms with E-state index in [1.807, 2.05) is 0 Å². The molecule has 5 heteroatoms. The lowest BCUT2D eigenvalue weighted by Gasteiger charge is -2.44. The SMILES string of the molecule is CC1(C)CCC(C)(C)c2cc(N3c4cccc5c4B(c4ccc(N(c6ccccc6)c6ccccc6)cc4N5c4ccccc4-c4ccccc4)c4oc5ccccc5c43)ccc21.